The van der Waals surface area contributed by atoms with E-state index in [0.29, 0.717) is 40.4 Å². The van der Waals surface area contributed by atoms with Crippen LogP contribution < -0.4 is 14.4 Å². The van der Waals surface area contributed by atoms with Gasteiger partial charge in [-0.25, -0.2) is 4.39 Å². The van der Waals surface area contributed by atoms with E-state index in [4.69, 9.17) is 9.47 Å². The zero-order valence-electron chi connectivity index (χ0n) is 11.8. The smallest absolute Gasteiger partial charge is 0.259 e. The molecule has 2 aromatic carbocycles. The average molecular weight is 366 g/mol. The van der Waals surface area contributed by atoms with Crippen LogP contribution in [0.15, 0.2) is 40.9 Å². The Morgan fingerprint density at radius 3 is 2.91 bits per heavy atom. The van der Waals surface area contributed by atoms with Crippen LogP contribution in [0.25, 0.3) is 0 Å². The number of amides is 1. The van der Waals surface area contributed by atoms with Crippen molar-refractivity contribution in [3.8, 4) is 11.5 Å². The molecule has 0 unspecified atom stereocenters. The second kappa shape index (κ2) is 5.96. The molecule has 0 N–H and O–H groups in total. The van der Waals surface area contributed by atoms with Crippen molar-refractivity contribution in [3.63, 3.8) is 0 Å². The molecule has 114 valence electrons. The number of methoxy groups -OCH3 is 1. The Bertz CT molecular complexity index is 735. The molecule has 4 nitrogen and oxygen atoms in total. The fourth-order valence-electron chi connectivity index (χ4n) is 2.35. The molecule has 3 rings (SSSR count). The third-order valence-corrected chi connectivity index (χ3v) is 4.13. The van der Waals surface area contributed by atoms with Crippen LogP contribution in [0.3, 0.4) is 0 Å². The van der Waals surface area contributed by atoms with Gasteiger partial charge in [0.15, 0.2) is 0 Å². The lowest BCUT2D eigenvalue weighted by Gasteiger charge is -2.29. The number of ether oxygens (including phenoxy) is 2. The van der Waals surface area contributed by atoms with E-state index < -0.39 is 5.82 Å². The summed E-state index contributed by atoms with van der Waals surface area (Å²) < 4.78 is 24.6. The van der Waals surface area contributed by atoms with Crippen molar-refractivity contribution < 1.29 is 18.7 Å². The highest BCUT2D eigenvalue weighted by Gasteiger charge is 2.26. The van der Waals surface area contributed by atoms with E-state index >= 15 is 0 Å². The van der Waals surface area contributed by atoms with Gasteiger partial charge in [0.25, 0.3) is 5.91 Å². The first-order valence-corrected chi connectivity index (χ1v) is 7.47. The van der Waals surface area contributed by atoms with Gasteiger partial charge in [0.1, 0.15) is 23.9 Å². The van der Waals surface area contributed by atoms with Crippen LogP contribution in [-0.2, 0) is 0 Å². The lowest BCUT2D eigenvalue weighted by molar-refractivity contribution is 0.0975. The summed E-state index contributed by atoms with van der Waals surface area (Å²) >= 11 is 3.38. The first-order valence-electron chi connectivity index (χ1n) is 6.68. The lowest BCUT2D eigenvalue weighted by Crippen LogP contribution is -2.38. The highest BCUT2D eigenvalue weighted by Crippen LogP contribution is 2.34. The van der Waals surface area contributed by atoms with Crippen molar-refractivity contribution in [3.05, 3.63) is 52.3 Å². The molecule has 6 heteroatoms. The normalized spacial score (nSPS) is 13.3. The Morgan fingerprint density at radius 2 is 2.14 bits per heavy atom. The Balaban J connectivity index is 2.01. The molecule has 0 bridgehead atoms. The summed E-state index contributed by atoms with van der Waals surface area (Å²) in [7, 11) is 1.55. The highest BCUT2D eigenvalue weighted by molar-refractivity contribution is 9.10. The van der Waals surface area contributed by atoms with Gasteiger partial charge < -0.3 is 14.4 Å². The average Bonchev–Trinajstić information content (AvgIpc) is 2.54. The van der Waals surface area contributed by atoms with Gasteiger partial charge in [-0.2, -0.15) is 0 Å². The van der Waals surface area contributed by atoms with Gasteiger partial charge in [-0.05, 0) is 46.3 Å². The minimum Gasteiger partial charge on any atom is -0.497 e. The molecule has 0 radical (unpaired) electrons. The minimum atomic E-state index is -0.393. The van der Waals surface area contributed by atoms with Crippen molar-refractivity contribution in [2.45, 2.75) is 0 Å². The van der Waals surface area contributed by atoms with Crippen molar-refractivity contribution in [2.75, 3.05) is 25.2 Å². The van der Waals surface area contributed by atoms with Gasteiger partial charge in [-0.3, -0.25) is 4.79 Å². The summed E-state index contributed by atoms with van der Waals surface area (Å²) in [5, 5.41) is 0. The predicted molar refractivity (Wildman–Crippen MR) is 84.3 cm³/mol. The maximum atomic E-state index is 13.3. The van der Waals surface area contributed by atoms with Crippen molar-refractivity contribution in [1.82, 2.24) is 0 Å². The summed E-state index contributed by atoms with van der Waals surface area (Å²) in [4.78, 5) is 14.4. The van der Waals surface area contributed by atoms with Crippen LogP contribution in [0.4, 0.5) is 10.1 Å². The van der Waals surface area contributed by atoms with Crippen LogP contribution in [0.2, 0.25) is 0 Å². The number of anilines is 1. The van der Waals surface area contributed by atoms with E-state index in [1.807, 2.05) is 0 Å². The molecule has 1 heterocycles. The van der Waals surface area contributed by atoms with Gasteiger partial charge in [0, 0.05) is 10.5 Å². The van der Waals surface area contributed by atoms with Crippen molar-refractivity contribution in [1.29, 1.82) is 0 Å². The lowest BCUT2D eigenvalue weighted by atomic mass is 10.1. The largest absolute Gasteiger partial charge is 0.497 e. The van der Waals surface area contributed by atoms with Crippen LogP contribution in [0.1, 0.15) is 10.4 Å². The van der Waals surface area contributed by atoms with Crippen molar-refractivity contribution >= 4 is 27.5 Å². The van der Waals surface area contributed by atoms with E-state index in [9.17, 15) is 9.18 Å². The van der Waals surface area contributed by atoms with Crippen LogP contribution in [0, 0.1) is 5.82 Å². The summed E-state index contributed by atoms with van der Waals surface area (Å²) in [6.45, 7) is 0.727. The molecular weight excluding hydrogens is 353 g/mol. The van der Waals surface area contributed by atoms with E-state index in [1.165, 1.54) is 12.1 Å². The SMILES string of the molecule is COc1ccc(Br)c(C(=O)N2CCOc3cc(F)ccc32)c1. The molecule has 0 aromatic heterocycles. The number of halogens is 2. The van der Waals surface area contributed by atoms with Gasteiger partial charge in [0.2, 0.25) is 0 Å². The predicted octanol–water partition coefficient (Wildman–Crippen LogP) is 3.64. The van der Waals surface area contributed by atoms with E-state index in [1.54, 1.807) is 36.3 Å². The Kier molecular flexibility index (Phi) is 4.02. The number of hydrogen-bond donors (Lipinski definition) is 0. The molecule has 22 heavy (non-hydrogen) atoms. The number of hydrogen-bond acceptors (Lipinski definition) is 3. The number of carbonyl (C=O) groups is 1. The van der Waals surface area contributed by atoms with E-state index in [-0.39, 0.29) is 5.91 Å². The van der Waals surface area contributed by atoms with Gasteiger partial charge >= 0.3 is 0 Å². The second-order valence-corrected chi connectivity index (χ2v) is 5.62. The number of carbonyl (C=O) groups excluding carboxylic acids is 1. The molecule has 1 aliphatic heterocycles. The highest BCUT2D eigenvalue weighted by atomic mass is 79.9. The van der Waals surface area contributed by atoms with Gasteiger partial charge in [0.05, 0.1) is 24.9 Å². The van der Waals surface area contributed by atoms with E-state index in [0.717, 1.165) is 0 Å². The molecule has 2 aromatic rings. The number of nitrogens with zero attached hydrogens (tertiary/aromatic N) is 1. The van der Waals surface area contributed by atoms with E-state index in [2.05, 4.69) is 15.9 Å². The summed E-state index contributed by atoms with van der Waals surface area (Å²) in [6.07, 6.45) is 0. The number of fused-ring (bicyclic) bond motifs is 1. The third-order valence-electron chi connectivity index (χ3n) is 3.43. The molecular formula is C16H13BrFNO3. The Labute approximate surface area is 135 Å². The number of benzene rings is 2. The molecule has 0 fully saturated rings. The molecule has 0 spiro atoms. The summed E-state index contributed by atoms with van der Waals surface area (Å²) in [5.41, 5.74) is 1.05. The quantitative estimate of drug-likeness (QED) is 0.815. The maximum absolute atomic E-state index is 13.3. The topological polar surface area (TPSA) is 38.8 Å². The molecule has 1 aliphatic rings. The zero-order valence-corrected chi connectivity index (χ0v) is 13.4. The summed E-state index contributed by atoms with van der Waals surface area (Å²) in [6, 6.07) is 9.35. The van der Waals surface area contributed by atoms with Crippen molar-refractivity contribution in [2.24, 2.45) is 0 Å². The molecule has 0 aliphatic carbocycles. The van der Waals surface area contributed by atoms with Crippen LogP contribution in [0.5, 0.6) is 11.5 Å². The Hall–Kier alpha value is -2.08. The van der Waals surface area contributed by atoms with Crippen LogP contribution >= 0.6 is 15.9 Å². The minimum absolute atomic E-state index is 0.193. The standard InChI is InChI=1S/C16H13BrFNO3/c1-21-11-3-4-13(17)12(9-11)16(20)19-6-7-22-15-8-10(18)2-5-14(15)19/h2-5,8-9H,6-7H2,1H3. The zero-order chi connectivity index (χ0) is 15.7. The van der Waals surface area contributed by atoms with Gasteiger partial charge in [-0.1, -0.05) is 0 Å². The summed E-state index contributed by atoms with van der Waals surface area (Å²) in [5.74, 6) is 0.385. The first kappa shape index (κ1) is 14.8. The van der Waals surface area contributed by atoms with Crippen LogP contribution in [-0.4, -0.2) is 26.2 Å². The first-order chi connectivity index (χ1) is 10.6. The third kappa shape index (κ3) is 2.66. The monoisotopic (exact) mass is 365 g/mol. The number of rotatable bonds is 2. The Morgan fingerprint density at radius 1 is 1.32 bits per heavy atom. The fraction of sp³-hybridized carbons (Fsp3) is 0.188. The molecule has 0 saturated carbocycles. The van der Waals surface area contributed by atoms with Gasteiger partial charge in [-0.15, -0.1) is 0 Å². The molecule has 1 amide bonds. The second-order valence-electron chi connectivity index (χ2n) is 4.76. The molecule has 0 saturated heterocycles. The fourth-order valence-corrected chi connectivity index (χ4v) is 2.76. The molecule has 0 atom stereocenters. The maximum Gasteiger partial charge on any atom is 0.259 e.